The number of tetrazole rings is 1. The minimum absolute atomic E-state index is 0.0861. The molecule has 31 heavy (non-hydrogen) atoms. The van der Waals surface area contributed by atoms with E-state index in [9.17, 15) is 9.18 Å². The number of aryl methyl sites for hydroxylation is 2. The van der Waals surface area contributed by atoms with Gasteiger partial charge in [0.25, 0.3) is 0 Å². The fraction of sp³-hybridized carbons (Fsp3) is 0.429. The average molecular weight is 425 g/mol. The van der Waals surface area contributed by atoms with Crippen molar-refractivity contribution in [3.8, 4) is 0 Å². The Morgan fingerprint density at radius 2 is 2.03 bits per heavy atom. The van der Waals surface area contributed by atoms with Crippen molar-refractivity contribution in [3.63, 3.8) is 0 Å². The third-order valence-electron chi connectivity index (χ3n) is 5.37. The molecular formula is C21H24FN7O2. The number of hydrogen-bond donors (Lipinski definition) is 0. The zero-order chi connectivity index (χ0) is 21.8. The van der Waals surface area contributed by atoms with Crippen LogP contribution in [0.25, 0.3) is 6.08 Å². The fourth-order valence-electron chi connectivity index (χ4n) is 3.72. The molecule has 3 aromatic rings. The average Bonchev–Trinajstić information content (AvgIpc) is 3.36. The second-order valence-electron chi connectivity index (χ2n) is 7.70. The minimum Gasteiger partial charge on any atom is -0.426 e. The molecule has 2 aromatic heterocycles. The first-order chi connectivity index (χ1) is 15.0. The summed E-state index contributed by atoms with van der Waals surface area (Å²) in [6.45, 7) is 4.97. The molecule has 1 saturated heterocycles. The van der Waals surface area contributed by atoms with Crippen molar-refractivity contribution >= 4 is 12.0 Å². The van der Waals surface area contributed by atoms with E-state index in [1.807, 2.05) is 4.90 Å². The highest BCUT2D eigenvalue weighted by Gasteiger charge is 2.23. The predicted octanol–water partition coefficient (Wildman–Crippen LogP) is 2.35. The predicted molar refractivity (Wildman–Crippen MR) is 109 cm³/mol. The van der Waals surface area contributed by atoms with Crippen LogP contribution in [0.5, 0.6) is 0 Å². The molecule has 1 aliphatic heterocycles. The molecule has 1 aromatic carbocycles. The monoisotopic (exact) mass is 425 g/mol. The summed E-state index contributed by atoms with van der Waals surface area (Å²) in [6.07, 6.45) is 5.64. The lowest BCUT2D eigenvalue weighted by atomic mass is 9.93. The van der Waals surface area contributed by atoms with E-state index in [0.717, 1.165) is 19.3 Å². The normalized spacial score (nSPS) is 15.1. The van der Waals surface area contributed by atoms with Gasteiger partial charge in [0.2, 0.25) is 17.7 Å². The Bertz CT molecular complexity index is 1080. The van der Waals surface area contributed by atoms with E-state index < -0.39 is 0 Å². The molecule has 0 N–H and O–H groups in total. The number of hydrogen-bond acceptors (Lipinski definition) is 7. The highest BCUT2D eigenvalue weighted by molar-refractivity contribution is 5.92. The molecule has 0 radical (unpaired) electrons. The van der Waals surface area contributed by atoms with Crippen LogP contribution in [0.2, 0.25) is 0 Å². The number of carbonyl (C=O) groups is 1. The van der Waals surface area contributed by atoms with Gasteiger partial charge in [-0.2, -0.15) is 4.80 Å². The number of amides is 1. The number of benzene rings is 1. The molecule has 0 bridgehead atoms. The Morgan fingerprint density at radius 1 is 1.23 bits per heavy atom. The van der Waals surface area contributed by atoms with Gasteiger partial charge in [-0.15, -0.1) is 20.4 Å². The highest BCUT2D eigenvalue weighted by Crippen LogP contribution is 2.22. The standard InChI is InChI=1S/C21H24FN7O2/c1-14-23-27-29(26-14)13-18-17(4-3-5-19(18)22)6-7-21(30)28-10-8-16(9-11-28)12-20-25-24-15(2)31-20/h3-7,16H,8-13H2,1-2H3. The van der Waals surface area contributed by atoms with E-state index in [0.29, 0.717) is 47.7 Å². The van der Waals surface area contributed by atoms with Crippen LogP contribution in [0.3, 0.4) is 0 Å². The van der Waals surface area contributed by atoms with Crippen molar-refractivity contribution in [2.24, 2.45) is 5.92 Å². The van der Waals surface area contributed by atoms with Crippen LogP contribution in [-0.2, 0) is 17.8 Å². The molecule has 4 rings (SSSR count). The summed E-state index contributed by atoms with van der Waals surface area (Å²) in [5, 5.41) is 19.7. The number of carbonyl (C=O) groups excluding carboxylic acids is 1. The Balaban J connectivity index is 1.37. The molecule has 162 valence electrons. The molecular weight excluding hydrogens is 401 g/mol. The molecule has 9 nitrogen and oxygen atoms in total. The van der Waals surface area contributed by atoms with E-state index in [1.54, 1.807) is 32.1 Å². The van der Waals surface area contributed by atoms with Gasteiger partial charge in [0, 0.05) is 38.1 Å². The van der Waals surface area contributed by atoms with Gasteiger partial charge in [0.15, 0.2) is 5.82 Å². The quantitative estimate of drug-likeness (QED) is 0.559. The molecule has 0 aliphatic carbocycles. The molecule has 3 heterocycles. The van der Waals surface area contributed by atoms with E-state index in [1.165, 1.54) is 16.9 Å². The Kier molecular flexibility index (Phi) is 6.15. The van der Waals surface area contributed by atoms with E-state index >= 15 is 0 Å². The van der Waals surface area contributed by atoms with Crippen LogP contribution in [0.4, 0.5) is 4.39 Å². The molecule has 0 saturated carbocycles. The van der Waals surface area contributed by atoms with Crippen molar-refractivity contribution in [2.45, 2.75) is 39.7 Å². The third kappa shape index (κ3) is 5.19. The van der Waals surface area contributed by atoms with Crippen molar-refractivity contribution in [2.75, 3.05) is 13.1 Å². The maximum absolute atomic E-state index is 14.4. The van der Waals surface area contributed by atoms with Crippen LogP contribution < -0.4 is 0 Å². The van der Waals surface area contributed by atoms with Gasteiger partial charge < -0.3 is 9.32 Å². The second-order valence-corrected chi connectivity index (χ2v) is 7.70. The lowest BCUT2D eigenvalue weighted by molar-refractivity contribution is -0.127. The first kappa shape index (κ1) is 20.8. The number of aromatic nitrogens is 6. The number of piperidine rings is 1. The summed E-state index contributed by atoms with van der Waals surface area (Å²) in [5.74, 6) is 1.69. The third-order valence-corrected chi connectivity index (χ3v) is 5.37. The number of likely N-dealkylation sites (tertiary alicyclic amines) is 1. The second kappa shape index (κ2) is 9.15. The first-order valence-electron chi connectivity index (χ1n) is 10.3. The van der Waals surface area contributed by atoms with E-state index in [4.69, 9.17) is 4.42 Å². The van der Waals surface area contributed by atoms with Crippen LogP contribution >= 0.6 is 0 Å². The molecule has 1 amide bonds. The van der Waals surface area contributed by atoms with Crippen molar-refractivity contribution < 1.29 is 13.6 Å². The van der Waals surface area contributed by atoms with Crippen molar-refractivity contribution in [1.82, 2.24) is 35.3 Å². The van der Waals surface area contributed by atoms with Crippen LogP contribution in [0, 0.1) is 25.6 Å². The van der Waals surface area contributed by atoms with Crippen LogP contribution in [0.1, 0.15) is 41.6 Å². The number of halogens is 1. The minimum atomic E-state index is -0.373. The number of nitrogens with zero attached hydrogens (tertiary/aromatic N) is 7. The van der Waals surface area contributed by atoms with Gasteiger partial charge in [-0.05, 0) is 48.6 Å². The van der Waals surface area contributed by atoms with Gasteiger partial charge in [0.05, 0.1) is 6.54 Å². The van der Waals surface area contributed by atoms with Gasteiger partial charge in [-0.25, -0.2) is 4.39 Å². The molecule has 1 aliphatic rings. The zero-order valence-corrected chi connectivity index (χ0v) is 17.5. The summed E-state index contributed by atoms with van der Waals surface area (Å²) in [4.78, 5) is 15.8. The van der Waals surface area contributed by atoms with Gasteiger partial charge in [-0.1, -0.05) is 12.1 Å². The number of rotatable bonds is 6. The van der Waals surface area contributed by atoms with Crippen molar-refractivity contribution in [3.05, 3.63) is 58.8 Å². The van der Waals surface area contributed by atoms with Crippen LogP contribution in [0.15, 0.2) is 28.7 Å². The molecule has 1 fully saturated rings. The summed E-state index contributed by atoms with van der Waals surface area (Å²) in [6, 6.07) is 4.77. The van der Waals surface area contributed by atoms with Gasteiger partial charge in [0.1, 0.15) is 5.82 Å². The Hall–Kier alpha value is -3.43. The van der Waals surface area contributed by atoms with Gasteiger partial charge in [-0.3, -0.25) is 4.79 Å². The van der Waals surface area contributed by atoms with E-state index in [-0.39, 0.29) is 18.3 Å². The Labute approximate surface area is 179 Å². The lowest BCUT2D eigenvalue weighted by Gasteiger charge is -2.30. The topological polar surface area (TPSA) is 103 Å². The summed E-state index contributed by atoms with van der Waals surface area (Å²) in [5.41, 5.74) is 1.03. The largest absolute Gasteiger partial charge is 0.426 e. The van der Waals surface area contributed by atoms with Crippen molar-refractivity contribution in [1.29, 1.82) is 0 Å². The molecule has 0 unspecified atom stereocenters. The Morgan fingerprint density at radius 3 is 2.71 bits per heavy atom. The van der Waals surface area contributed by atoms with Crippen LogP contribution in [-0.4, -0.2) is 54.3 Å². The first-order valence-corrected chi connectivity index (χ1v) is 10.3. The lowest BCUT2D eigenvalue weighted by Crippen LogP contribution is -2.38. The maximum atomic E-state index is 14.4. The SMILES string of the molecule is Cc1nnn(Cc2c(F)cccc2C=CC(=O)N2CCC(Cc3nnc(C)o3)CC2)n1. The summed E-state index contributed by atoms with van der Waals surface area (Å²) >= 11 is 0. The fourth-order valence-corrected chi connectivity index (χ4v) is 3.72. The van der Waals surface area contributed by atoms with Gasteiger partial charge >= 0.3 is 0 Å². The maximum Gasteiger partial charge on any atom is 0.246 e. The summed E-state index contributed by atoms with van der Waals surface area (Å²) in [7, 11) is 0. The molecule has 0 spiro atoms. The summed E-state index contributed by atoms with van der Waals surface area (Å²) < 4.78 is 19.9. The zero-order valence-electron chi connectivity index (χ0n) is 17.5. The highest BCUT2D eigenvalue weighted by atomic mass is 19.1. The molecule has 0 atom stereocenters. The molecule has 10 heteroatoms. The smallest absolute Gasteiger partial charge is 0.246 e. The van der Waals surface area contributed by atoms with E-state index in [2.05, 4.69) is 25.6 Å².